The molecule has 0 radical (unpaired) electrons. The van der Waals surface area contributed by atoms with E-state index < -0.39 is 9.84 Å². The van der Waals surface area contributed by atoms with Gasteiger partial charge in [-0.3, -0.25) is 4.79 Å². The lowest BCUT2D eigenvalue weighted by atomic mass is 10.1. The van der Waals surface area contributed by atoms with Gasteiger partial charge in [0.15, 0.2) is 16.4 Å². The fourth-order valence-corrected chi connectivity index (χ4v) is 6.34. The van der Waals surface area contributed by atoms with E-state index in [1.807, 2.05) is 11.8 Å². The summed E-state index contributed by atoms with van der Waals surface area (Å²) in [6.07, 6.45) is 1.42. The number of quaternary nitrogens is 1. The second-order valence-electron chi connectivity index (χ2n) is 8.75. The van der Waals surface area contributed by atoms with Crippen molar-refractivity contribution < 1.29 is 18.1 Å². The zero-order chi connectivity index (χ0) is 21.2. The van der Waals surface area contributed by atoms with E-state index in [0.717, 1.165) is 32.6 Å². The molecule has 2 saturated heterocycles. The molecule has 1 aromatic carbocycles. The molecule has 0 aliphatic carbocycles. The van der Waals surface area contributed by atoms with Crippen molar-refractivity contribution in [2.24, 2.45) is 0 Å². The summed E-state index contributed by atoms with van der Waals surface area (Å²) in [4.78, 5) is 18.8. The van der Waals surface area contributed by atoms with E-state index in [0.29, 0.717) is 13.0 Å². The lowest BCUT2D eigenvalue weighted by Crippen LogP contribution is -3.16. The van der Waals surface area contributed by atoms with Crippen LogP contribution in [0.1, 0.15) is 37.8 Å². The average Bonchev–Trinajstić information content (AvgIpc) is 3.04. The van der Waals surface area contributed by atoms with Gasteiger partial charge in [0, 0.05) is 17.8 Å². The molecule has 2 heterocycles. The van der Waals surface area contributed by atoms with E-state index in [2.05, 4.69) is 43.9 Å². The third-order valence-electron chi connectivity index (χ3n) is 6.74. The first-order chi connectivity index (χ1) is 13.7. The fourth-order valence-electron chi connectivity index (χ4n) is 4.62. The number of piperazine rings is 1. The molecule has 1 aromatic rings. The van der Waals surface area contributed by atoms with Crippen LogP contribution in [-0.2, 0) is 14.6 Å². The van der Waals surface area contributed by atoms with Crippen molar-refractivity contribution in [1.29, 1.82) is 0 Å². The van der Waals surface area contributed by atoms with Crippen LogP contribution in [0.4, 0.5) is 5.69 Å². The number of nitrogens with one attached hydrogen (secondary N) is 1. The molecule has 29 heavy (non-hydrogen) atoms. The zero-order valence-electron chi connectivity index (χ0n) is 18.3. The maximum Gasteiger partial charge on any atom is 0.278 e. The molecule has 0 saturated carbocycles. The molecule has 7 heteroatoms. The van der Waals surface area contributed by atoms with Crippen molar-refractivity contribution >= 4 is 21.4 Å². The monoisotopic (exact) mass is 422 g/mol. The standard InChI is InChI=1S/C22H35N3O3S/c1-5-18(3)25(20-9-14-29(27,28)16-20)22(26)15-23-10-12-24(13-11-23)21-8-6-7-17(2)19(21)4/h6-8,18,20H,5,9-16H2,1-4H3/p+1/t18-,20+/m0/s1. The first-order valence-corrected chi connectivity index (χ1v) is 12.7. The Kier molecular flexibility index (Phi) is 6.89. The molecule has 2 atom stereocenters. The van der Waals surface area contributed by atoms with Gasteiger partial charge in [-0.15, -0.1) is 0 Å². The number of carbonyl (C=O) groups is 1. The summed E-state index contributed by atoms with van der Waals surface area (Å²) in [6, 6.07) is 6.37. The molecule has 1 amide bonds. The Morgan fingerprint density at radius 3 is 2.55 bits per heavy atom. The van der Waals surface area contributed by atoms with Gasteiger partial charge in [-0.25, -0.2) is 8.42 Å². The van der Waals surface area contributed by atoms with Crippen LogP contribution in [0.15, 0.2) is 18.2 Å². The summed E-state index contributed by atoms with van der Waals surface area (Å²) < 4.78 is 23.9. The third kappa shape index (κ3) is 5.12. The van der Waals surface area contributed by atoms with Gasteiger partial charge in [0.1, 0.15) is 0 Å². The molecular weight excluding hydrogens is 386 g/mol. The Morgan fingerprint density at radius 1 is 1.28 bits per heavy atom. The van der Waals surface area contributed by atoms with Crippen molar-refractivity contribution in [3.8, 4) is 0 Å². The van der Waals surface area contributed by atoms with Crippen LogP contribution in [0.2, 0.25) is 0 Å². The Balaban J connectivity index is 1.61. The maximum atomic E-state index is 13.2. The van der Waals surface area contributed by atoms with Crippen LogP contribution in [0.5, 0.6) is 0 Å². The van der Waals surface area contributed by atoms with Gasteiger partial charge in [-0.1, -0.05) is 19.1 Å². The van der Waals surface area contributed by atoms with Crippen LogP contribution in [0.25, 0.3) is 0 Å². The largest absolute Gasteiger partial charge is 0.360 e. The number of nitrogens with zero attached hydrogens (tertiary/aromatic N) is 2. The van der Waals surface area contributed by atoms with Gasteiger partial charge in [0.05, 0.1) is 37.7 Å². The minimum absolute atomic E-state index is 0.0800. The van der Waals surface area contributed by atoms with Gasteiger partial charge in [0.2, 0.25) is 0 Å². The summed E-state index contributed by atoms with van der Waals surface area (Å²) >= 11 is 0. The van der Waals surface area contributed by atoms with Crippen molar-refractivity contribution in [2.75, 3.05) is 49.1 Å². The quantitative estimate of drug-likeness (QED) is 0.738. The van der Waals surface area contributed by atoms with Crippen LogP contribution in [-0.4, -0.2) is 75.5 Å². The summed E-state index contributed by atoms with van der Waals surface area (Å²) in [7, 11) is -3.00. The zero-order valence-corrected chi connectivity index (χ0v) is 19.1. The van der Waals surface area contributed by atoms with Gasteiger partial charge in [-0.05, 0) is 50.8 Å². The van der Waals surface area contributed by atoms with Gasteiger partial charge in [0.25, 0.3) is 5.91 Å². The highest BCUT2D eigenvalue weighted by molar-refractivity contribution is 7.91. The molecule has 162 valence electrons. The number of carbonyl (C=O) groups excluding carboxylic acids is 1. The number of hydrogen-bond donors (Lipinski definition) is 1. The molecule has 6 nitrogen and oxygen atoms in total. The lowest BCUT2D eigenvalue weighted by Gasteiger charge is -2.37. The number of aryl methyl sites for hydroxylation is 1. The van der Waals surface area contributed by atoms with E-state index in [-0.39, 0.29) is 29.5 Å². The Morgan fingerprint density at radius 2 is 1.97 bits per heavy atom. The molecule has 2 aliphatic heterocycles. The minimum atomic E-state index is -3.00. The number of amides is 1. The highest BCUT2D eigenvalue weighted by Crippen LogP contribution is 2.23. The molecule has 3 rings (SSSR count). The Labute approximate surface area is 175 Å². The summed E-state index contributed by atoms with van der Waals surface area (Å²) in [5.74, 6) is 0.439. The van der Waals surface area contributed by atoms with E-state index >= 15 is 0 Å². The van der Waals surface area contributed by atoms with E-state index in [1.54, 1.807) is 0 Å². The van der Waals surface area contributed by atoms with Crippen molar-refractivity contribution in [2.45, 2.75) is 52.6 Å². The Hall–Kier alpha value is -1.60. The van der Waals surface area contributed by atoms with E-state index in [4.69, 9.17) is 0 Å². The topological polar surface area (TPSA) is 62.1 Å². The first-order valence-electron chi connectivity index (χ1n) is 10.9. The summed E-state index contributed by atoms with van der Waals surface area (Å²) in [5, 5.41) is 0. The van der Waals surface area contributed by atoms with E-state index in [9.17, 15) is 13.2 Å². The van der Waals surface area contributed by atoms with Crippen LogP contribution in [0.3, 0.4) is 0 Å². The molecule has 0 bridgehead atoms. The van der Waals surface area contributed by atoms with Gasteiger partial charge >= 0.3 is 0 Å². The lowest BCUT2D eigenvalue weighted by molar-refractivity contribution is -0.892. The maximum absolute atomic E-state index is 13.2. The fraction of sp³-hybridized carbons (Fsp3) is 0.682. The minimum Gasteiger partial charge on any atom is -0.360 e. The molecule has 0 unspecified atom stereocenters. The third-order valence-corrected chi connectivity index (χ3v) is 8.49. The molecule has 0 aromatic heterocycles. The van der Waals surface area contributed by atoms with E-state index in [1.165, 1.54) is 21.7 Å². The van der Waals surface area contributed by atoms with Gasteiger partial charge < -0.3 is 14.7 Å². The highest BCUT2D eigenvalue weighted by Gasteiger charge is 2.38. The first kappa shape index (κ1) is 22.1. The smallest absolute Gasteiger partial charge is 0.278 e. The molecule has 2 aliphatic rings. The number of hydrogen-bond acceptors (Lipinski definition) is 4. The van der Waals surface area contributed by atoms with Crippen LogP contribution < -0.4 is 9.80 Å². The highest BCUT2D eigenvalue weighted by atomic mass is 32.2. The SMILES string of the molecule is CC[C@H](C)N(C(=O)C[NH+]1CCN(c2cccc(C)c2C)CC1)[C@@H]1CCS(=O)(=O)C1. The van der Waals surface area contributed by atoms with Crippen molar-refractivity contribution in [3.05, 3.63) is 29.3 Å². The summed E-state index contributed by atoms with van der Waals surface area (Å²) in [5.41, 5.74) is 3.94. The predicted molar refractivity (Wildman–Crippen MR) is 117 cm³/mol. The summed E-state index contributed by atoms with van der Waals surface area (Å²) in [6.45, 7) is 12.6. The molecule has 1 N–H and O–H groups in total. The van der Waals surface area contributed by atoms with Crippen molar-refractivity contribution in [1.82, 2.24) is 4.90 Å². The molecule has 0 spiro atoms. The second kappa shape index (κ2) is 9.04. The number of rotatable bonds is 6. The van der Waals surface area contributed by atoms with Crippen LogP contribution >= 0.6 is 0 Å². The van der Waals surface area contributed by atoms with Crippen molar-refractivity contribution in [3.63, 3.8) is 0 Å². The number of sulfone groups is 1. The average molecular weight is 423 g/mol. The molecule has 2 fully saturated rings. The van der Waals surface area contributed by atoms with Crippen LogP contribution in [0, 0.1) is 13.8 Å². The van der Waals surface area contributed by atoms with Gasteiger partial charge in [-0.2, -0.15) is 0 Å². The normalized spacial score (nSPS) is 23.2. The number of anilines is 1. The number of benzene rings is 1. The Bertz CT molecular complexity index is 832. The second-order valence-corrected chi connectivity index (χ2v) is 11.0. The predicted octanol–water partition coefficient (Wildman–Crippen LogP) is 0.823. The molecular formula is C22H36N3O3S+.